The van der Waals surface area contributed by atoms with Crippen LogP contribution in [0.1, 0.15) is 19.5 Å². The Bertz CT molecular complexity index is 259. The summed E-state index contributed by atoms with van der Waals surface area (Å²) in [6, 6.07) is 5.92. The van der Waals surface area contributed by atoms with Crippen molar-refractivity contribution in [1.29, 1.82) is 0 Å². The molecule has 1 aromatic rings. The van der Waals surface area contributed by atoms with E-state index in [1.807, 2.05) is 18.2 Å². The van der Waals surface area contributed by atoms with Crippen molar-refractivity contribution in [3.8, 4) is 0 Å². The molecule has 0 radical (unpaired) electrons. The third-order valence-electron chi connectivity index (χ3n) is 1.98. The van der Waals surface area contributed by atoms with Crippen LogP contribution in [0.3, 0.4) is 0 Å². The maximum Gasteiger partial charge on any atom is 0.0639 e. The van der Waals surface area contributed by atoms with Crippen LogP contribution in [-0.4, -0.2) is 24.2 Å². The molecule has 1 heterocycles. The van der Waals surface area contributed by atoms with Gasteiger partial charge in [-0.25, -0.2) is 0 Å². The summed E-state index contributed by atoms with van der Waals surface area (Å²) >= 11 is 0. The number of aromatic nitrogens is 1. The number of rotatable bonds is 5. The summed E-state index contributed by atoms with van der Waals surface area (Å²) in [5.41, 5.74) is 1.04. The predicted molar refractivity (Wildman–Crippen MR) is 57.0 cm³/mol. The normalized spacial score (nSPS) is 11.6. The molecule has 0 bridgehead atoms. The first-order chi connectivity index (χ1) is 6.64. The van der Waals surface area contributed by atoms with Gasteiger partial charge in [-0.05, 0) is 26.0 Å². The molecule has 1 N–H and O–H groups in total. The van der Waals surface area contributed by atoms with Gasteiger partial charge in [0.15, 0.2) is 0 Å². The fourth-order valence-electron chi connectivity index (χ4n) is 1.24. The van der Waals surface area contributed by atoms with E-state index in [1.54, 1.807) is 13.3 Å². The van der Waals surface area contributed by atoms with Gasteiger partial charge in [0.2, 0.25) is 0 Å². The van der Waals surface area contributed by atoms with Crippen molar-refractivity contribution < 1.29 is 4.74 Å². The van der Waals surface area contributed by atoms with E-state index in [0.717, 1.165) is 12.2 Å². The van der Waals surface area contributed by atoms with Gasteiger partial charge in [0.1, 0.15) is 0 Å². The summed E-state index contributed by atoms with van der Waals surface area (Å²) in [6.07, 6.45) is 1.81. The Labute approximate surface area is 85.5 Å². The molecule has 0 saturated heterocycles. The maximum atomic E-state index is 5.11. The first-order valence-corrected chi connectivity index (χ1v) is 4.78. The van der Waals surface area contributed by atoms with Gasteiger partial charge in [0.25, 0.3) is 0 Å². The van der Waals surface area contributed by atoms with Crippen LogP contribution in [0.5, 0.6) is 0 Å². The monoisotopic (exact) mass is 194 g/mol. The molecule has 78 valence electrons. The molecule has 1 aromatic heterocycles. The summed E-state index contributed by atoms with van der Waals surface area (Å²) in [5, 5.41) is 3.39. The summed E-state index contributed by atoms with van der Waals surface area (Å²) in [6.45, 7) is 5.69. The SMILES string of the molecule is COCC(C)(C)NCc1ccccn1. The van der Waals surface area contributed by atoms with Crippen molar-refractivity contribution in [2.24, 2.45) is 0 Å². The molecule has 3 heteroatoms. The molecular formula is C11H18N2O. The lowest BCUT2D eigenvalue weighted by atomic mass is 10.1. The van der Waals surface area contributed by atoms with Gasteiger partial charge in [-0.3, -0.25) is 4.98 Å². The molecule has 14 heavy (non-hydrogen) atoms. The fourth-order valence-corrected chi connectivity index (χ4v) is 1.24. The molecule has 0 aliphatic rings. The van der Waals surface area contributed by atoms with Crippen LogP contribution in [0.25, 0.3) is 0 Å². The third kappa shape index (κ3) is 3.85. The van der Waals surface area contributed by atoms with Crippen LogP contribution in [0.2, 0.25) is 0 Å². The Hall–Kier alpha value is -0.930. The molecule has 0 unspecified atom stereocenters. The zero-order valence-corrected chi connectivity index (χ0v) is 9.08. The Balaban J connectivity index is 2.40. The van der Waals surface area contributed by atoms with Crippen LogP contribution < -0.4 is 5.32 Å². The topological polar surface area (TPSA) is 34.1 Å². The van der Waals surface area contributed by atoms with Crippen LogP contribution in [0.15, 0.2) is 24.4 Å². The number of nitrogens with zero attached hydrogens (tertiary/aromatic N) is 1. The van der Waals surface area contributed by atoms with Crippen molar-refractivity contribution in [1.82, 2.24) is 10.3 Å². The summed E-state index contributed by atoms with van der Waals surface area (Å²) < 4.78 is 5.11. The Kier molecular flexibility index (Phi) is 4.04. The molecule has 1 rings (SSSR count). The summed E-state index contributed by atoms with van der Waals surface area (Å²) in [4.78, 5) is 4.24. The minimum Gasteiger partial charge on any atom is -0.383 e. The maximum absolute atomic E-state index is 5.11. The first-order valence-electron chi connectivity index (χ1n) is 4.78. The average molecular weight is 194 g/mol. The first kappa shape index (κ1) is 11.1. The Morgan fingerprint density at radius 2 is 2.21 bits per heavy atom. The number of methoxy groups -OCH3 is 1. The third-order valence-corrected chi connectivity index (χ3v) is 1.98. The van der Waals surface area contributed by atoms with Crippen molar-refractivity contribution >= 4 is 0 Å². The molecule has 0 saturated carbocycles. The molecular weight excluding hydrogens is 176 g/mol. The van der Waals surface area contributed by atoms with Crippen molar-refractivity contribution in [3.63, 3.8) is 0 Å². The van der Waals surface area contributed by atoms with Crippen molar-refractivity contribution in [2.45, 2.75) is 25.9 Å². The van der Waals surface area contributed by atoms with Crippen molar-refractivity contribution in [3.05, 3.63) is 30.1 Å². The number of nitrogens with one attached hydrogen (secondary N) is 1. The van der Waals surface area contributed by atoms with Gasteiger partial charge in [-0.1, -0.05) is 6.07 Å². The van der Waals surface area contributed by atoms with Gasteiger partial charge < -0.3 is 10.1 Å². The van der Waals surface area contributed by atoms with Gasteiger partial charge >= 0.3 is 0 Å². The fraction of sp³-hybridized carbons (Fsp3) is 0.545. The standard InChI is InChI=1S/C11H18N2O/c1-11(2,9-14-3)13-8-10-6-4-5-7-12-10/h4-7,13H,8-9H2,1-3H3. The quantitative estimate of drug-likeness (QED) is 0.773. The Morgan fingerprint density at radius 1 is 1.43 bits per heavy atom. The molecule has 0 atom stereocenters. The van der Waals surface area contributed by atoms with E-state index in [4.69, 9.17) is 4.74 Å². The zero-order valence-electron chi connectivity index (χ0n) is 9.08. The second kappa shape index (κ2) is 5.08. The number of pyridine rings is 1. The van der Waals surface area contributed by atoms with E-state index in [1.165, 1.54) is 0 Å². The van der Waals surface area contributed by atoms with Gasteiger partial charge in [-0.2, -0.15) is 0 Å². The van der Waals surface area contributed by atoms with Crippen LogP contribution in [-0.2, 0) is 11.3 Å². The zero-order chi connectivity index (χ0) is 10.4. The smallest absolute Gasteiger partial charge is 0.0639 e. The van der Waals surface area contributed by atoms with Crippen LogP contribution in [0.4, 0.5) is 0 Å². The Morgan fingerprint density at radius 3 is 2.79 bits per heavy atom. The molecule has 3 nitrogen and oxygen atoms in total. The van der Waals surface area contributed by atoms with Crippen molar-refractivity contribution in [2.75, 3.05) is 13.7 Å². The second-order valence-corrected chi connectivity index (χ2v) is 3.99. The van der Waals surface area contributed by atoms with E-state index in [9.17, 15) is 0 Å². The lowest BCUT2D eigenvalue weighted by Crippen LogP contribution is -2.42. The predicted octanol–water partition coefficient (Wildman–Crippen LogP) is 1.60. The van der Waals surface area contributed by atoms with Gasteiger partial charge in [0.05, 0.1) is 12.3 Å². The molecule has 0 aliphatic carbocycles. The molecule has 0 fully saturated rings. The highest BCUT2D eigenvalue weighted by Gasteiger charge is 2.16. The summed E-state index contributed by atoms with van der Waals surface area (Å²) in [5.74, 6) is 0. The van der Waals surface area contributed by atoms with Gasteiger partial charge in [-0.15, -0.1) is 0 Å². The number of hydrogen-bond acceptors (Lipinski definition) is 3. The second-order valence-electron chi connectivity index (χ2n) is 3.99. The van der Waals surface area contributed by atoms with E-state index >= 15 is 0 Å². The molecule has 0 spiro atoms. The van der Waals surface area contributed by atoms with E-state index in [2.05, 4.69) is 24.1 Å². The highest BCUT2D eigenvalue weighted by molar-refractivity contribution is 5.03. The van der Waals surface area contributed by atoms with E-state index < -0.39 is 0 Å². The summed E-state index contributed by atoms with van der Waals surface area (Å²) in [7, 11) is 1.71. The molecule has 0 aromatic carbocycles. The lowest BCUT2D eigenvalue weighted by molar-refractivity contribution is 0.127. The lowest BCUT2D eigenvalue weighted by Gasteiger charge is -2.25. The highest BCUT2D eigenvalue weighted by Crippen LogP contribution is 2.03. The van der Waals surface area contributed by atoms with E-state index in [0.29, 0.717) is 6.61 Å². The average Bonchev–Trinajstić information content (AvgIpc) is 2.17. The number of ether oxygens (including phenoxy) is 1. The number of hydrogen-bond donors (Lipinski definition) is 1. The van der Waals surface area contributed by atoms with E-state index in [-0.39, 0.29) is 5.54 Å². The molecule has 0 amide bonds. The van der Waals surface area contributed by atoms with Crippen LogP contribution >= 0.6 is 0 Å². The minimum absolute atomic E-state index is 0.00767. The molecule has 0 aliphatic heterocycles. The minimum atomic E-state index is -0.00767. The largest absolute Gasteiger partial charge is 0.383 e. The van der Waals surface area contributed by atoms with Gasteiger partial charge in [0, 0.05) is 25.4 Å². The van der Waals surface area contributed by atoms with Crippen LogP contribution in [0, 0.1) is 0 Å². The highest BCUT2D eigenvalue weighted by atomic mass is 16.5.